The molecule has 2 N–H and O–H groups in total. The lowest BCUT2D eigenvalue weighted by Gasteiger charge is -2.22. The molecule has 0 heterocycles. The maximum atomic E-state index is 12.2. The van der Waals surface area contributed by atoms with E-state index in [1.165, 1.54) is 7.11 Å². The van der Waals surface area contributed by atoms with Crippen LogP contribution in [0.5, 0.6) is 0 Å². The van der Waals surface area contributed by atoms with Crippen LogP contribution in [0.15, 0.2) is 12.2 Å². The van der Waals surface area contributed by atoms with E-state index in [1.54, 1.807) is 0 Å². The van der Waals surface area contributed by atoms with E-state index in [0.717, 1.165) is 51.4 Å². The van der Waals surface area contributed by atoms with Crippen LogP contribution in [0.1, 0.15) is 84.5 Å². The van der Waals surface area contributed by atoms with Crippen LogP contribution in [0.3, 0.4) is 0 Å². The first-order chi connectivity index (χ1) is 12.8. The van der Waals surface area contributed by atoms with Gasteiger partial charge < -0.3 is 14.9 Å². The number of aliphatic hydroxyl groups is 2. The van der Waals surface area contributed by atoms with Gasteiger partial charge in [0.25, 0.3) is 0 Å². The Kier molecular flexibility index (Phi) is 10.9. The largest absolute Gasteiger partial charge is 0.469 e. The molecule has 1 fully saturated rings. The molecule has 1 aliphatic carbocycles. The fourth-order valence-electron chi connectivity index (χ4n) is 3.82. The summed E-state index contributed by atoms with van der Waals surface area (Å²) in [5.74, 6) is -0.305. The maximum Gasteiger partial charge on any atom is 0.305 e. The third-order valence-electron chi connectivity index (χ3n) is 5.59. The molecule has 0 amide bonds. The van der Waals surface area contributed by atoms with Crippen LogP contribution in [0, 0.1) is 11.8 Å². The van der Waals surface area contributed by atoms with Crippen molar-refractivity contribution in [3.63, 3.8) is 0 Å². The Morgan fingerprint density at radius 2 is 1.96 bits per heavy atom. The Bertz CT molecular complexity index is 483. The number of rotatable bonds is 13. The highest BCUT2D eigenvalue weighted by atomic mass is 16.5. The lowest BCUT2D eigenvalue weighted by molar-refractivity contribution is -0.140. The molecule has 1 saturated carbocycles. The van der Waals surface area contributed by atoms with Crippen LogP contribution in [-0.2, 0) is 14.3 Å². The number of ether oxygens (including phenoxy) is 1. The molecule has 5 heteroatoms. The summed E-state index contributed by atoms with van der Waals surface area (Å²) in [5, 5.41) is 20.6. The summed E-state index contributed by atoms with van der Waals surface area (Å²) in [4.78, 5) is 23.3. The summed E-state index contributed by atoms with van der Waals surface area (Å²) in [6, 6.07) is 0. The van der Waals surface area contributed by atoms with Crippen molar-refractivity contribution < 1.29 is 24.5 Å². The maximum absolute atomic E-state index is 12.2. The first-order valence-corrected chi connectivity index (χ1v) is 10.5. The van der Waals surface area contributed by atoms with Gasteiger partial charge in [0.1, 0.15) is 5.78 Å². The smallest absolute Gasteiger partial charge is 0.305 e. The second kappa shape index (κ2) is 12.3. The fourth-order valence-corrected chi connectivity index (χ4v) is 3.82. The van der Waals surface area contributed by atoms with Gasteiger partial charge in [-0.15, -0.1) is 0 Å². The number of Topliss-reactive ketones (excluding diaryl/α,β-unsaturated/α-hetero) is 1. The molecule has 4 atom stereocenters. The number of aliphatic hydroxyl groups excluding tert-OH is 1. The van der Waals surface area contributed by atoms with E-state index in [2.05, 4.69) is 11.7 Å². The van der Waals surface area contributed by atoms with E-state index < -0.39 is 11.7 Å². The number of carbonyl (C=O) groups excluding carboxylic acids is 2. The third kappa shape index (κ3) is 9.02. The normalized spacial score (nSPS) is 25.1. The first-order valence-electron chi connectivity index (χ1n) is 10.5. The van der Waals surface area contributed by atoms with Crippen molar-refractivity contribution in [2.75, 3.05) is 7.11 Å². The lowest BCUT2D eigenvalue weighted by atomic mass is 9.87. The van der Waals surface area contributed by atoms with Crippen molar-refractivity contribution in [2.45, 2.75) is 96.2 Å². The number of unbranched alkanes of at least 4 members (excludes halogenated alkanes) is 4. The number of ketones is 1. The Balaban J connectivity index is 2.42. The van der Waals surface area contributed by atoms with Gasteiger partial charge in [-0.1, -0.05) is 51.2 Å². The molecule has 0 aromatic heterocycles. The molecule has 27 heavy (non-hydrogen) atoms. The molecule has 1 rings (SSSR count). The fraction of sp³-hybridized carbons (Fsp3) is 0.818. The van der Waals surface area contributed by atoms with E-state index >= 15 is 0 Å². The highest BCUT2D eigenvalue weighted by molar-refractivity contribution is 5.84. The number of hydrogen-bond donors (Lipinski definition) is 2. The SMILES string of the molecule is CCCCC(C)(O)C/C=C/C1[C@H](O)CC(=O)[C@@H]1CCCCCCC(=O)OC. The van der Waals surface area contributed by atoms with Crippen molar-refractivity contribution >= 4 is 11.8 Å². The number of esters is 1. The van der Waals surface area contributed by atoms with Crippen molar-refractivity contribution in [3.8, 4) is 0 Å². The van der Waals surface area contributed by atoms with Gasteiger partial charge in [0.15, 0.2) is 0 Å². The van der Waals surface area contributed by atoms with Crippen LogP contribution < -0.4 is 0 Å². The molecule has 156 valence electrons. The zero-order valence-corrected chi connectivity index (χ0v) is 17.3. The standard InChI is InChI=1S/C22H38O5/c1-4-5-14-22(2,26)15-10-12-18-17(19(23)16-20(18)24)11-8-6-7-9-13-21(25)27-3/h10,12,17-18,20,24,26H,4-9,11,13-16H2,1-3H3/b12-10+/t17-,18?,20-,22?/m1/s1. The second-order valence-corrected chi connectivity index (χ2v) is 8.18. The van der Waals surface area contributed by atoms with E-state index in [1.807, 2.05) is 19.1 Å². The molecular weight excluding hydrogens is 344 g/mol. The Morgan fingerprint density at radius 1 is 1.26 bits per heavy atom. The summed E-state index contributed by atoms with van der Waals surface area (Å²) < 4.78 is 4.62. The van der Waals surface area contributed by atoms with E-state index in [0.29, 0.717) is 12.8 Å². The Hall–Kier alpha value is -1.20. The molecule has 5 nitrogen and oxygen atoms in total. The molecule has 1 aliphatic rings. The van der Waals surface area contributed by atoms with Crippen molar-refractivity contribution in [3.05, 3.63) is 12.2 Å². The molecule has 0 saturated heterocycles. The van der Waals surface area contributed by atoms with Crippen LogP contribution in [0.2, 0.25) is 0 Å². The monoisotopic (exact) mass is 382 g/mol. The van der Waals surface area contributed by atoms with Crippen LogP contribution >= 0.6 is 0 Å². The molecule has 0 bridgehead atoms. The Morgan fingerprint density at radius 3 is 2.63 bits per heavy atom. The van der Waals surface area contributed by atoms with Gasteiger partial charge in [-0.05, 0) is 32.6 Å². The average Bonchev–Trinajstić information content (AvgIpc) is 2.89. The quantitative estimate of drug-likeness (QED) is 0.286. The number of methoxy groups -OCH3 is 1. The van der Waals surface area contributed by atoms with E-state index in [9.17, 15) is 19.8 Å². The molecule has 2 unspecified atom stereocenters. The predicted molar refractivity (Wildman–Crippen MR) is 106 cm³/mol. The molecular formula is C22H38O5. The Labute approximate surface area is 164 Å². The van der Waals surface area contributed by atoms with Gasteiger partial charge in [-0.2, -0.15) is 0 Å². The van der Waals surface area contributed by atoms with Crippen LogP contribution in [0.25, 0.3) is 0 Å². The topological polar surface area (TPSA) is 83.8 Å². The second-order valence-electron chi connectivity index (χ2n) is 8.18. The van der Waals surface area contributed by atoms with Gasteiger partial charge >= 0.3 is 5.97 Å². The first kappa shape index (κ1) is 23.8. The number of hydrogen-bond acceptors (Lipinski definition) is 5. The van der Waals surface area contributed by atoms with Crippen molar-refractivity contribution in [1.82, 2.24) is 0 Å². The van der Waals surface area contributed by atoms with Gasteiger partial charge in [-0.25, -0.2) is 0 Å². The highest BCUT2D eigenvalue weighted by Crippen LogP contribution is 2.34. The third-order valence-corrected chi connectivity index (χ3v) is 5.59. The zero-order valence-electron chi connectivity index (χ0n) is 17.3. The molecule has 0 radical (unpaired) electrons. The minimum Gasteiger partial charge on any atom is -0.469 e. The molecule has 0 aromatic carbocycles. The van der Waals surface area contributed by atoms with Gasteiger partial charge in [0, 0.05) is 24.7 Å². The summed E-state index contributed by atoms with van der Waals surface area (Å²) in [6.07, 6.45) is 11.7. The molecule has 0 aromatic rings. The lowest BCUT2D eigenvalue weighted by Crippen LogP contribution is -2.23. The minimum atomic E-state index is -0.727. The number of carbonyl (C=O) groups is 2. The molecule has 0 spiro atoms. The van der Waals surface area contributed by atoms with Gasteiger partial charge in [0.2, 0.25) is 0 Å². The van der Waals surface area contributed by atoms with Crippen LogP contribution in [-0.4, -0.2) is 40.8 Å². The minimum absolute atomic E-state index is 0.127. The van der Waals surface area contributed by atoms with Gasteiger partial charge in [-0.3, -0.25) is 9.59 Å². The summed E-state index contributed by atoms with van der Waals surface area (Å²) in [5.41, 5.74) is -0.727. The zero-order chi connectivity index (χ0) is 20.3. The van der Waals surface area contributed by atoms with Crippen molar-refractivity contribution in [2.24, 2.45) is 11.8 Å². The summed E-state index contributed by atoms with van der Waals surface area (Å²) >= 11 is 0. The van der Waals surface area contributed by atoms with Gasteiger partial charge in [0.05, 0.1) is 18.8 Å². The van der Waals surface area contributed by atoms with Crippen LogP contribution in [0.4, 0.5) is 0 Å². The predicted octanol–water partition coefficient (Wildman–Crippen LogP) is 3.95. The summed E-state index contributed by atoms with van der Waals surface area (Å²) in [6.45, 7) is 3.95. The highest BCUT2D eigenvalue weighted by Gasteiger charge is 2.39. The van der Waals surface area contributed by atoms with Crippen molar-refractivity contribution in [1.29, 1.82) is 0 Å². The van der Waals surface area contributed by atoms with E-state index in [4.69, 9.17) is 0 Å². The summed E-state index contributed by atoms with van der Waals surface area (Å²) in [7, 11) is 1.40. The average molecular weight is 383 g/mol. The van der Waals surface area contributed by atoms with E-state index in [-0.39, 0.29) is 30.0 Å². The molecule has 0 aliphatic heterocycles.